The van der Waals surface area contributed by atoms with E-state index in [1.165, 1.54) is 0 Å². The number of nitrogens with one attached hydrogen (secondary N) is 1. The largest absolute Gasteiger partial charge is 0.478 e. The first-order chi connectivity index (χ1) is 5.56. The zero-order chi connectivity index (χ0) is 9.56. The number of aliphatic carboxylic acids is 1. The molecule has 0 heterocycles. The fourth-order valence-corrected chi connectivity index (χ4v) is 0.450. The van der Waals surface area contributed by atoms with Gasteiger partial charge in [-0.25, -0.2) is 4.79 Å². The van der Waals surface area contributed by atoms with E-state index in [2.05, 4.69) is 11.2 Å². The third-order valence-corrected chi connectivity index (χ3v) is 0.986. The van der Waals surface area contributed by atoms with Crippen LogP contribution >= 0.6 is 0 Å². The molecule has 0 spiro atoms. The zero-order valence-electron chi connectivity index (χ0n) is 6.57. The normalized spacial score (nSPS) is 12.0. The molecule has 64 valence electrons. The minimum Gasteiger partial charge on any atom is -0.478 e. The number of carbonyl (C=O) groups is 2. The van der Waals surface area contributed by atoms with Crippen molar-refractivity contribution in [2.24, 2.45) is 0 Å². The summed E-state index contributed by atoms with van der Waals surface area (Å²) in [4.78, 5) is 20.7. The van der Waals surface area contributed by atoms with Gasteiger partial charge in [-0.15, -0.1) is 6.42 Å². The molecule has 0 rings (SSSR count). The second kappa shape index (κ2) is 4.97. The van der Waals surface area contributed by atoms with Crippen LogP contribution in [0.3, 0.4) is 0 Å². The third kappa shape index (κ3) is 5.06. The number of carbonyl (C=O) groups excluding carboxylic acids is 1. The van der Waals surface area contributed by atoms with Gasteiger partial charge in [0.15, 0.2) is 0 Å². The summed E-state index contributed by atoms with van der Waals surface area (Å²) < 4.78 is 0. The van der Waals surface area contributed by atoms with Crippen molar-refractivity contribution in [3.63, 3.8) is 0 Å². The van der Waals surface area contributed by atoms with Gasteiger partial charge in [0, 0.05) is 12.2 Å². The smallest absolute Gasteiger partial charge is 0.328 e. The highest BCUT2D eigenvalue weighted by Crippen LogP contribution is 1.79. The number of hydrogen-bond donors (Lipinski definition) is 2. The van der Waals surface area contributed by atoms with Crippen molar-refractivity contribution in [1.82, 2.24) is 5.32 Å². The average molecular weight is 167 g/mol. The summed E-state index contributed by atoms with van der Waals surface area (Å²) in [6, 6.07) is -0.393. The van der Waals surface area contributed by atoms with E-state index >= 15 is 0 Å². The Morgan fingerprint density at radius 3 is 2.58 bits per heavy atom. The number of terminal acetylenes is 1. The molecule has 0 aliphatic carbocycles. The Labute approximate surface area is 70.3 Å². The van der Waals surface area contributed by atoms with Crippen LogP contribution in [-0.4, -0.2) is 23.0 Å². The van der Waals surface area contributed by atoms with Gasteiger partial charge in [0.05, 0.1) is 6.04 Å². The van der Waals surface area contributed by atoms with Crippen molar-refractivity contribution in [2.75, 3.05) is 0 Å². The predicted molar refractivity (Wildman–Crippen MR) is 43.2 cm³/mol. The van der Waals surface area contributed by atoms with E-state index in [-0.39, 0.29) is 0 Å². The molecule has 1 amide bonds. The highest BCUT2D eigenvalue weighted by atomic mass is 16.4. The van der Waals surface area contributed by atoms with E-state index in [1.54, 1.807) is 6.92 Å². The van der Waals surface area contributed by atoms with Crippen LogP contribution < -0.4 is 5.32 Å². The highest BCUT2D eigenvalue weighted by Gasteiger charge is 1.99. The summed E-state index contributed by atoms with van der Waals surface area (Å²) in [6.07, 6.45) is 6.63. The fraction of sp³-hybridized carbons (Fsp3) is 0.250. The zero-order valence-corrected chi connectivity index (χ0v) is 6.57. The summed E-state index contributed by atoms with van der Waals surface area (Å²) in [6.45, 7) is 1.62. The van der Waals surface area contributed by atoms with E-state index < -0.39 is 17.9 Å². The molecule has 12 heavy (non-hydrogen) atoms. The van der Waals surface area contributed by atoms with E-state index in [9.17, 15) is 9.59 Å². The Hall–Kier alpha value is -1.76. The molecular weight excluding hydrogens is 158 g/mol. The lowest BCUT2D eigenvalue weighted by atomic mass is 10.3. The number of carboxylic acid groups (broad SMARTS) is 1. The maximum Gasteiger partial charge on any atom is 0.328 e. The maximum atomic E-state index is 10.8. The van der Waals surface area contributed by atoms with Crippen LogP contribution in [-0.2, 0) is 9.59 Å². The average Bonchev–Trinajstić information content (AvgIpc) is 2.00. The second-order valence-corrected chi connectivity index (χ2v) is 2.07. The standard InChI is InChI=1S/C8H9NO3/c1-3-6(2)9-7(10)4-5-8(11)12/h1,4-6H,2H3,(H,9,10)(H,11,12)/b5-4-. The molecule has 4 nitrogen and oxygen atoms in total. The van der Waals surface area contributed by atoms with Crippen LogP contribution in [0.15, 0.2) is 12.2 Å². The van der Waals surface area contributed by atoms with Gasteiger partial charge in [-0.2, -0.15) is 0 Å². The molecule has 2 N–H and O–H groups in total. The quantitative estimate of drug-likeness (QED) is 0.450. The van der Waals surface area contributed by atoms with Gasteiger partial charge in [-0.3, -0.25) is 4.79 Å². The lowest BCUT2D eigenvalue weighted by Crippen LogP contribution is -2.29. The van der Waals surface area contributed by atoms with E-state index in [1.807, 2.05) is 0 Å². The molecule has 4 heteroatoms. The van der Waals surface area contributed by atoms with Crippen LogP contribution in [0.5, 0.6) is 0 Å². The topological polar surface area (TPSA) is 66.4 Å². The predicted octanol–water partition coefficient (Wildman–Crippen LogP) is -0.235. The van der Waals surface area contributed by atoms with Crippen molar-refractivity contribution >= 4 is 11.9 Å². The molecule has 0 bridgehead atoms. The van der Waals surface area contributed by atoms with Gasteiger partial charge in [-0.1, -0.05) is 5.92 Å². The Kier molecular flexibility index (Phi) is 4.24. The maximum absolute atomic E-state index is 10.8. The number of rotatable bonds is 3. The second-order valence-electron chi connectivity index (χ2n) is 2.07. The molecule has 0 aromatic rings. The van der Waals surface area contributed by atoms with Crippen LogP contribution in [0.4, 0.5) is 0 Å². The third-order valence-electron chi connectivity index (χ3n) is 0.986. The molecule has 1 unspecified atom stereocenters. The number of hydrogen-bond acceptors (Lipinski definition) is 2. The molecular formula is C8H9NO3. The lowest BCUT2D eigenvalue weighted by Gasteiger charge is -2.02. The summed E-state index contributed by atoms with van der Waals surface area (Å²) in [7, 11) is 0. The summed E-state index contributed by atoms with van der Waals surface area (Å²) in [5.41, 5.74) is 0. The molecule has 0 radical (unpaired) electrons. The first-order valence-electron chi connectivity index (χ1n) is 3.24. The number of carboxylic acids is 1. The van der Waals surface area contributed by atoms with Crippen molar-refractivity contribution in [3.8, 4) is 12.3 Å². The fourth-order valence-electron chi connectivity index (χ4n) is 0.450. The Bertz CT molecular complexity index is 250. The molecule has 0 aromatic carbocycles. The summed E-state index contributed by atoms with van der Waals surface area (Å²) in [5.74, 6) is 0.591. The number of amides is 1. The summed E-state index contributed by atoms with van der Waals surface area (Å²) in [5, 5.41) is 10.5. The van der Waals surface area contributed by atoms with Crippen LogP contribution in [0, 0.1) is 12.3 Å². The Balaban J connectivity index is 3.92. The molecule has 0 aromatic heterocycles. The Morgan fingerprint density at radius 2 is 2.17 bits per heavy atom. The first kappa shape index (κ1) is 10.2. The highest BCUT2D eigenvalue weighted by molar-refractivity contribution is 5.94. The van der Waals surface area contributed by atoms with E-state index in [4.69, 9.17) is 11.5 Å². The van der Waals surface area contributed by atoms with Gasteiger partial charge in [0.1, 0.15) is 0 Å². The van der Waals surface area contributed by atoms with Crippen LogP contribution in [0.1, 0.15) is 6.92 Å². The molecule has 0 saturated heterocycles. The first-order valence-corrected chi connectivity index (χ1v) is 3.24. The molecule has 0 saturated carbocycles. The van der Waals surface area contributed by atoms with Crippen molar-refractivity contribution in [3.05, 3.63) is 12.2 Å². The van der Waals surface area contributed by atoms with Crippen LogP contribution in [0.2, 0.25) is 0 Å². The molecule has 1 atom stereocenters. The van der Waals surface area contributed by atoms with Crippen molar-refractivity contribution in [2.45, 2.75) is 13.0 Å². The van der Waals surface area contributed by atoms with Gasteiger partial charge < -0.3 is 10.4 Å². The van der Waals surface area contributed by atoms with Crippen molar-refractivity contribution < 1.29 is 14.7 Å². The van der Waals surface area contributed by atoms with Gasteiger partial charge in [-0.05, 0) is 6.92 Å². The minimum atomic E-state index is -1.17. The lowest BCUT2D eigenvalue weighted by molar-refractivity contribution is -0.131. The summed E-state index contributed by atoms with van der Waals surface area (Å²) >= 11 is 0. The van der Waals surface area contributed by atoms with Crippen molar-refractivity contribution in [1.29, 1.82) is 0 Å². The minimum absolute atomic E-state index is 0.393. The molecule has 0 aliphatic rings. The van der Waals surface area contributed by atoms with Gasteiger partial charge in [0.25, 0.3) is 0 Å². The van der Waals surface area contributed by atoms with E-state index in [0.717, 1.165) is 12.2 Å². The molecule has 0 fully saturated rings. The van der Waals surface area contributed by atoms with Crippen LogP contribution in [0.25, 0.3) is 0 Å². The molecule has 0 aliphatic heterocycles. The van der Waals surface area contributed by atoms with E-state index in [0.29, 0.717) is 0 Å². The van der Waals surface area contributed by atoms with Gasteiger partial charge >= 0.3 is 5.97 Å². The van der Waals surface area contributed by atoms with Gasteiger partial charge in [0.2, 0.25) is 5.91 Å². The SMILES string of the molecule is C#CC(C)NC(=O)/C=C\C(=O)O. The Morgan fingerprint density at radius 1 is 1.58 bits per heavy atom. The monoisotopic (exact) mass is 167 g/mol.